The van der Waals surface area contributed by atoms with Crippen molar-refractivity contribution in [2.24, 2.45) is 0 Å². The Morgan fingerprint density at radius 3 is 2.63 bits per heavy atom. The zero-order valence-electron chi connectivity index (χ0n) is 11.2. The van der Waals surface area contributed by atoms with Gasteiger partial charge in [0.25, 0.3) is 0 Å². The molecule has 0 radical (unpaired) electrons. The number of hydrogen-bond acceptors (Lipinski definition) is 4. The number of carbonyl (C=O) groups excluding carboxylic acids is 1. The normalized spacial score (nSPS) is 14.3. The van der Waals surface area contributed by atoms with Crippen LogP contribution in [0.25, 0.3) is 6.08 Å². The summed E-state index contributed by atoms with van der Waals surface area (Å²) >= 11 is 1.53. The Bertz CT molecular complexity index is 428. The van der Waals surface area contributed by atoms with E-state index < -0.39 is 0 Å². The van der Waals surface area contributed by atoms with Crippen molar-refractivity contribution in [3.8, 4) is 0 Å². The molecule has 1 amide bonds. The maximum absolute atomic E-state index is 11.7. The molecule has 0 aromatic heterocycles. The largest absolute Gasteiger partial charge is 0.399 e. The number of carbonyl (C=O) groups is 1. The van der Waals surface area contributed by atoms with Gasteiger partial charge in [0, 0.05) is 23.1 Å². The van der Waals surface area contributed by atoms with Crippen molar-refractivity contribution in [2.45, 2.75) is 18.2 Å². The molecule has 2 unspecified atom stereocenters. The van der Waals surface area contributed by atoms with Crippen molar-refractivity contribution in [2.75, 3.05) is 18.6 Å². The number of rotatable bonds is 6. The van der Waals surface area contributed by atoms with Gasteiger partial charge in [-0.15, -0.1) is 0 Å². The van der Waals surface area contributed by atoms with Crippen LogP contribution in [0.1, 0.15) is 12.5 Å². The van der Waals surface area contributed by atoms with Crippen LogP contribution in [-0.2, 0) is 4.79 Å². The number of nitrogens with one attached hydrogen (secondary N) is 1. The summed E-state index contributed by atoms with van der Waals surface area (Å²) in [5.41, 5.74) is 7.20. The maximum atomic E-state index is 11.7. The van der Waals surface area contributed by atoms with Crippen LogP contribution in [-0.4, -0.2) is 35.2 Å². The Kier molecular flexibility index (Phi) is 6.45. The minimum absolute atomic E-state index is 0.00822. The van der Waals surface area contributed by atoms with Crippen LogP contribution in [0.4, 0.5) is 5.69 Å². The summed E-state index contributed by atoms with van der Waals surface area (Å²) in [5, 5.41) is 12.0. The number of nitrogen functional groups attached to an aromatic ring is 1. The van der Waals surface area contributed by atoms with E-state index in [9.17, 15) is 4.79 Å². The summed E-state index contributed by atoms with van der Waals surface area (Å²) in [4.78, 5) is 11.7. The van der Waals surface area contributed by atoms with Gasteiger partial charge in [0.15, 0.2) is 0 Å². The third kappa shape index (κ3) is 5.36. The smallest absolute Gasteiger partial charge is 0.244 e. The van der Waals surface area contributed by atoms with Crippen molar-refractivity contribution in [1.82, 2.24) is 5.32 Å². The van der Waals surface area contributed by atoms with Gasteiger partial charge in [0.05, 0.1) is 6.61 Å². The molecular weight excluding hydrogens is 260 g/mol. The summed E-state index contributed by atoms with van der Waals surface area (Å²) in [6.07, 6.45) is 5.12. The molecule has 2 atom stereocenters. The summed E-state index contributed by atoms with van der Waals surface area (Å²) in [5.74, 6) is -0.170. The lowest BCUT2D eigenvalue weighted by molar-refractivity contribution is -0.117. The van der Waals surface area contributed by atoms with E-state index >= 15 is 0 Å². The van der Waals surface area contributed by atoms with Gasteiger partial charge in [-0.1, -0.05) is 12.1 Å². The van der Waals surface area contributed by atoms with Crippen molar-refractivity contribution in [1.29, 1.82) is 0 Å². The highest BCUT2D eigenvalue weighted by atomic mass is 32.2. The van der Waals surface area contributed by atoms with E-state index in [1.165, 1.54) is 17.8 Å². The molecule has 104 valence electrons. The predicted octanol–water partition coefficient (Wildman–Crippen LogP) is 1.51. The van der Waals surface area contributed by atoms with E-state index in [1.54, 1.807) is 18.2 Å². The van der Waals surface area contributed by atoms with Gasteiger partial charge in [-0.3, -0.25) is 4.79 Å². The highest BCUT2D eigenvalue weighted by molar-refractivity contribution is 7.99. The predicted molar refractivity (Wildman–Crippen MR) is 81.9 cm³/mol. The Hall–Kier alpha value is -1.46. The second-order valence-electron chi connectivity index (χ2n) is 4.25. The van der Waals surface area contributed by atoms with Gasteiger partial charge in [-0.25, -0.2) is 0 Å². The van der Waals surface area contributed by atoms with Gasteiger partial charge in [-0.05, 0) is 37.0 Å². The number of nitrogens with two attached hydrogens (primary N) is 1. The average molecular weight is 280 g/mol. The Morgan fingerprint density at radius 1 is 1.47 bits per heavy atom. The molecule has 0 aliphatic rings. The van der Waals surface area contributed by atoms with Crippen molar-refractivity contribution in [3.05, 3.63) is 35.9 Å². The van der Waals surface area contributed by atoms with Crippen LogP contribution in [0.3, 0.4) is 0 Å². The van der Waals surface area contributed by atoms with Crippen molar-refractivity contribution >= 4 is 29.4 Å². The number of anilines is 1. The zero-order chi connectivity index (χ0) is 14.3. The van der Waals surface area contributed by atoms with Crippen LogP contribution < -0.4 is 11.1 Å². The van der Waals surface area contributed by atoms with Crippen molar-refractivity contribution < 1.29 is 9.90 Å². The van der Waals surface area contributed by atoms with Gasteiger partial charge < -0.3 is 16.2 Å². The minimum atomic E-state index is -0.170. The molecule has 1 aromatic carbocycles. The maximum Gasteiger partial charge on any atom is 0.244 e. The fourth-order valence-electron chi connectivity index (χ4n) is 1.58. The first-order chi connectivity index (χ1) is 9.06. The van der Waals surface area contributed by atoms with Crippen LogP contribution in [0.2, 0.25) is 0 Å². The SMILES string of the molecule is CSC(CO)C(C)NC(=O)/C=C/c1ccc(N)cc1. The fraction of sp³-hybridized carbons (Fsp3) is 0.357. The minimum Gasteiger partial charge on any atom is -0.399 e. The highest BCUT2D eigenvalue weighted by Gasteiger charge is 2.15. The molecule has 0 spiro atoms. The quantitative estimate of drug-likeness (QED) is 0.545. The van der Waals surface area contributed by atoms with E-state index in [2.05, 4.69) is 5.32 Å². The third-order valence-electron chi connectivity index (χ3n) is 2.77. The Balaban J connectivity index is 2.53. The molecule has 0 heterocycles. The molecule has 0 saturated heterocycles. The number of thioether (sulfide) groups is 1. The van der Waals surface area contributed by atoms with Crippen molar-refractivity contribution in [3.63, 3.8) is 0 Å². The molecule has 0 aliphatic carbocycles. The van der Waals surface area contributed by atoms with E-state index in [-0.39, 0.29) is 23.8 Å². The lowest BCUT2D eigenvalue weighted by Crippen LogP contribution is -2.40. The fourth-order valence-corrected chi connectivity index (χ4v) is 2.21. The van der Waals surface area contributed by atoms with Gasteiger partial charge >= 0.3 is 0 Å². The number of amides is 1. The van der Waals surface area contributed by atoms with Gasteiger partial charge in [-0.2, -0.15) is 11.8 Å². The lowest BCUT2D eigenvalue weighted by Gasteiger charge is -2.20. The molecule has 5 heteroatoms. The number of aliphatic hydroxyl groups is 1. The van der Waals surface area contributed by atoms with Crippen LogP contribution in [0.5, 0.6) is 0 Å². The highest BCUT2D eigenvalue weighted by Crippen LogP contribution is 2.10. The van der Waals surface area contributed by atoms with E-state index in [0.29, 0.717) is 5.69 Å². The van der Waals surface area contributed by atoms with Gasteiger partial charge in [0.2, 0.25) is 5.91 Å². The Morgan fingerprint density at radius 2 is 2.11 bits per heavy atom. The third-order valence-corrected chi connectivity index (χ3v) is 3.94. The number of aliphatic hydroxyl groups excluding tert-OH is 1. The molecule has 0 aliphatic heterocycles. The summed E-state index contributed by atoms with van der Waals surface area (Å²) in [7, 11) is 0. The van der Waals surface area contributed by atoms with Crippen LogP contribution in [0, 0.1) is 0 Å². The second-order valence-corrected chi connectivity index (χ2v) is 5.33. The molecular formula is C14H20N2O2S. The topological polar surface area (TPSA) is 75.3 Å². The molecule has 19 heavy (non-hydrogen) atoms. The first-order valence-electron chi connectivity index (χ1n) is 6.04. The summed E-state index contributed by atoms with van der Waals surface area (Å²) in [6, 6.07) is 7.19. The molecule has 0 fully saturated rings. The second kappa shape index (κ2) is 7.86. The number of benzene rings is 1. The molecule has 1 aromatic rings. The zero-order valence-corrected chi connectivity index (χ0v) is 12.0. The molecule has 1 rings (SSSR count). The van der Waals surface area contributed by atoms with E-state index in [4.69, 9.17) is 10.8 Å². The van der Waals surface area contributed by atoms with Crippen LogP contribution >= 0.6 is 11.8 Å². The summed E-state index contributed by atoms with van der Waals surface area (Å²) in [6.45, 7) is 1.93. The van der Waals surface area contributed by atoms with E-state index in [1.807, 2.05) is 25.3 Å². The molecule has 0 bridgehead atoms. The molecule has 4 nitrogen and oxygen atoms in total. The molecule has 0 saturated carbocycles. The lowest BCUT2D eigenvalue weighted by atomic mass is 10.2. The average Bonchev–Trinajstić information content (AvgIpc) is 2.39. The first kappa shape index (κ1) is 15.6. The van der Waals surface area contributed by atoms with Crippen LogP contribution in [0.15, 0.2) is 30.3 Å². The molecule has 4 N–H and O–H groups in total. The number of hydrogen-bond donors (Lipinski definition) is 3. The first-order valence-corrected chi connectivity index (χ1v) is 7.33. The van der Waals surface area contributed by atoms with E-state index in [0.717, 1.165) is 5.56 Å². The summed E-state index contributed by atoms with van der Waals surface area (Å²) < 4.78 is 0. The monoisotopic (exact) mass is 280 g/mol. The van der Waals surface area contributed by atoms with Gasteiger partial charge in [0.1, 0.15) is 0 Å². The standard InChI is InChI=1S/C14H20N2O2S/c1-10(13(9-17)19-2)16-14(18)8-5-11-3-6-12(15)7-4-11/h3-8,10,13,17H,9,15H2,1-2H3,(H,16,18)/b8-5+. The Labute approximate surface area is 118 Å².